The van der Waals surface area contributed by atoms with E-state index in [-0.39, 0.29) is 11.1 Å². The molecular formula is C25H27N3O4. The van der Waals surface area contributed by atoms with Crippen LogP contribution in [0.15, 0.2) is 41.2 Å². The van der Waals surface area contributed by atoms with Gasteiger partial charge in [0.2, 0.25) is 0 Å². The first kappa shape index (κ1) is 21.7. The summed E-state index contributed by atoms with van der Waals surface area (Å²) in [6, 6.07) is 10.4. The van der Waals surface area contributed by atoms with Crippen LogP contribution in [0.3, 0.4) is 0 Å². The highest BCUT2D eigenvalue weighted by atomic mass is 16.5. The zero-order valence-electron chi connectivity index (χ0n) is 18.4. The van der Waals surface area contributed by atoms with E-state index in [1.54, 1.807) is 22.8 Å². The van der Waals surface area contributed by atoms with Crippen LogP contribution in [-0.4, -0.2) is 28.0 Å². The van der Waals surface area contributed by atoms with E-state index < -0.39 is 18.5 Å². The number of nitrogens with one attached hydrogen (secondary N) is 1. The molecule has 0 atom stereocenters. The highest BCUT2D eigenvalue weighted by Gasteiger charge is 2.16. The van der Waals surface area contributed by atoms with Gasteiger partial charge in [0.05, 0.1) is 16.5 Å². The lowest BCUT2D eigenvalue weighted by atomic mass is 10.1. The minimum atomic E-state index is -0.629. The number of anilines is 1. The maximum absolute atomic E-state index is 12.9. The smallest absolute Gasteiger partial charge is 0.338 e. The van der Waals surface area contributed by atoms with Crippen LogP contribution in [0, 0.1) is 13.8 Å². The minimum absolute atomic E-state index is 0.0698. The SMILES string of the molecule is Cc1cc(C)cc(NC(=O)COC(=O)c2ccc3c(=O)n4c(nc3c2)CCCCCC4)c1. The first-order valence-electron chi connectivity index (χ1n) is 11.0. The molecule has 0 unspecified atom stereocenters. The predicted octanol–water partition coefficient (Wildman–Crippen LogP) is 3.93. The number of aryl methyl sites for hydroxylation is 3. The maximum Gasteiger partial charge on any atom is 0.338 e. The van der Waals surface area contributed by atoms with Crippen LogP contribution in [0.5, 0.6) is 0 Å². The van der Waals surface area contributed by atoms with Crippen molar-refractivity contribution in [3.8, 4) is 0 Å². The molecule has 1 aromatic heterocycles. The Morgan fingerprint density at radius 1 is 1.03 bits per heavy atom. The van der Waals surface area contributed by atoms with Gasteiger partial charge in [-0.3, -0.25) is 14.2 Å². The number of ether oxygens (including phenoxy) is 1. The average Bonchev–Trinajstić information content (AvgIpc) is 2.72. The number of esters is 1. The zero-order valence-corrected chi connectivity index (χ0v) is 18.4. The molecule has 7 heteroatoms. The third-order valence-electron chi connectivity index (χ3n) is 5.64. The number of aromatic nitrogens is 2. The standard InChI is InChI=1S/C25H27N3O4/c1-16-11-17(2)13-19(12-16)26-23(29)15-32-25(31)18-8-9-20-21(14-18)27-22-7-5-3-4-6-10-28(22)24(20)30/h8-9,11-14H,3-7,10,15H2,1-2H3,(H,26,29). The molecule has 1 aliphatic rings. The van der Waals surface area contributed by atoms with Crippen LogP contribution in [0.4, 0.5) is 5.69 Å². The van der Waals surface area contributed by atoms with Crippen LogP contribution >= 0.6 is 0 Å². The summed E-state index contributed by atoms with van der Waals surface area (Å²) in [5.41, 5.74) is 3.40. The van der Waals surface area contributed by atoms with E-state index in [1.807, 2.05) is 32.0 Å². The first-order valence-corrected chi connectivity index (χ1v) is 11.0. The summed E-state index contributed by atoms with van der Waals surface area (Å²) in [7, 11) is 0. The van der Waals surface area contributed by atoms with Gasteiger partial charge in [0.1, 0.15) is 5.82 Å². The van der Waals surface area contributed by atoms with Gasteiger partial charge in [0, 0.05) is 18.7 Å². The topological polar surface area (TPSA) is 90.3 Å². The number of nitrogens with zero attached hydrogens (tertiary/aromatic N) is 2. The van der Waals surface area contributed by atoms with Gasteiger partial charge in [-0.25, -0.2) is 9.78 Å². The van der Waals surface area contributed by atoms with E-state index in [4.69, 9.17) is 4.74 Å². The fourth-order valence-corrected chi connectivity index (χ4v) is 4.18. The highest BCUT2D eigenvalue weighted by molar-refractivity contribution is 5.97. The molecule has 0 saturated heterocycles. The summed E-state index contributed by atoms with van der Waals surface area (Å²) < 4.78 is 6.95. The molecule has 1 amide bonds. The molecule has 4 rings (SSSR count). The summed E-state index contributed by atoms with van der Waals surface area (Å²) in [6.07, 6.45) is 4.96. The lowest BCUT2D eigenvalue weighted by molar-refractivity contribution is -0.119. The summed E-state index contributed by atoms with van der Waals surface area (Å²) >= 11 is 0. The van der Waals surface area contributed by atoms with Crippen molar-refractivity contribution in [3.05, 3.63) is 69.3 Å². The Labute approximate surface area is 186 Å². The third kappa shape index (κ3) is 4.88. The van der Waals surface area contributed by atoms with E-state index in [1.165, 1.54) is 0 Å². The van der Waals surface area contributed by atoms with Crippen molar-refractivity contribution < 1.29 is 14.3 Å². The summed E-state index contributed by atoms with van der Waals surface area (Å²) in [5.74, 6) is -0.279. The van der Waals surface area contributed by atoms with Crippen molar-refractivity contribution in [1.82, 2.24) is 9.55 Å². The van der Waals surface area contributed by atoms with Crippen molar-refractivity contribution >= 4 is 28.5 Å². The molecule has 1 aliphatic heterocycles. The van der Waals surface area contributed by atoms with Crippen molar-refractivity contribution in [2.75, 3.05) is 11.9 Å². The lowest BCUT2D eigenvalue weighted by Crippen LogP contribution is -2.26. The third-order valence-corrected chi connectivity index (χ3v) is 5.64. The zero-order chi connectivity index (χ0) is 22.7. The van der Waals surface area contributed by atoms with Crippen LogP contribution in [-0.2, 0) is 22.5 Å². The van der Waals surface area contributed by atoms with Gasteiger partial charge in [-0.15, -0.1) is 0 Å². The monoisotopic (exact) mass is 433 g/mol. The molecule has 0 aliphatic carbocycles. The van der Waals surface area contributed by atoms with E-state index in [0.717, 1.165) is 49.1 Å². The minimum Gasteiger partial charge on any atom is -0.452 e. The van der Waals surface area contributed by atoms with Crippen molar-refractivity contribution in [1.29, 1.82) is 0 Å². The van der Waals surface area contributed by atoms with Crippen molar-refractivity contribution in [2.45, 2.75) is 52.5 Å². The van der Waals surface area contributed by atoms with Gasteiger partial charge in [0.15, 0.2) is 6.61 Å². The molecule has 2 heterocycles. The Bertz CT molecular complexity index is 1230. The molecule has 0 saturated carbocycles. The number of amides is 1. The number of hydrogen-bond donors (Lipinski definition) is 1. The Morgan fingerprint density at radius 2 is 1.78 bits per heavy atom. The molecule has 32 heavy (non-hydrogen) atoms. The molecule has 166 valence electrons. The molecule has 0 fully saturated rings. The Hall–Kier alpha value is -3.48. The molecule has 0 spiro atoms. The maximum atomic E-state index is 12.9. The quantitative estimate of drug-likeness (QED) is 0.630. The Balaban J connectivity index is 1.48. The molecule has 3 aromatic rings. The van der Waals surface area contributed by atoms with Crippen molar-refractivity contribution in [2.24, 2.45) is 0 Å². The summed E-state index contributed by atoms with van der Waals surface area (Å²) in [5, 5.41) is 3.22. The summed E-state index contributed by atoms with van der Waals surface area (Å²) in [4.78, 5) is 42.3. The molecule has 2 aromatic carbocycles. The molecule has 0 radical (unpaired) electrons. The fraction of sp³-hybridized carbons (Fsp3) is 0.360. The number of fused-ring (bicyclic) bond motifs is 2. The van der Waals surface area contributed by atoms with Gasteiger partial charge >= 0.3 is 5.97 Å². The largest absolute Gasteiger partial charge is 0.452 e. The second-order valence-corrected chi connectivity index (χ2v) is 8.38. The predicted molar refractivity (Wildman–Crippen MR) is 123 cm³/mol. The second kappa shape index (κ2) is 9.34. The molecular weight excluding hydrogens is 406 g/mol. The molecule has 0 bridgehead atoms. The Morgan fingerprint density at radius 3 is 2.56 bits per heavy atom. The lowest BCUT2D eigenvalue weighted by Gasteiger charge is -2.16. The van der Waals surface area contributed by atoms with Crippen LogP contribution < -0.4 is 10.9 Å². The van der Waals surface area contributed by atoms with Gasteiger partial charge in [0.25, 0.3) is 11.5 Å². The molecule has 1 N–H and O–H groups in total. The van der Waals surface area contributed by atoms with Gasteiger partial charge in [-0.2, -0.15) is 0 Å². The highest BCUT2D eigenvalue weighted by Crippen LogP contribution is 2.17. The summed E-state index contributed by atoms with van der Waals surface area (Å²) in [6.45, 7) is 4.17. The number of carbonyl (C=O) groups excluding carboxylic acids is 2. The van der Waals surface area contributed by atoms with Crippen LogP contribution in [0.1, 0.15) is 53.0 Å². The number of rotatable bonds is 4. The van der Waals surface area contributed by atoms with Crippen LogP contribution in [0.25, 0.3) is 10.9 Å². The fourth-order valence-electron chi connectivity index (χ4n) is 4.18. The van der Waals surface area contributed by atoms with E-state index >= 15 is 0 Å². The van der Waals surface area contributed by atoms with E-state index in [2.05, 4.69) is 10.3 Å². The van der Waals surface area contributed by atoms with Gasteiger partial charge in [-0.1, -0.05) is 18.9 Å². The average molecular weight is 434 g/mol. The van der Waals surface area contributed by atoms with Crippen LogP contribution in [0.2, 0.25) is 0 Å². The second-order valence-electron chi connectivity index (χ2n) is 8.38. The number of hydrogen-bond acceptors (Lipinski definition) is 5. The number of carbonyl (C=O) groups is 2. The van der Waals surface area contributed by atoms with Gasteiger partial charge < -0.3 is 10.1 Å². The van der Waals surface area contributed by atoms with Crippen molar-refractivity contribution in [3.63, 3.8) is 0 Å². The Kier molecular flexibility index (Phi) is 6.35. The molecule has 7 nitrogen and oxygen atoms in total. The first-order chi connectivity index (χ1) is 15.4. The normalized spacial score (nSPS) is 13.7. The van der Waals surface area contributed by atoms with E-state index in [9.17, 15) is 14.4 Å². The number of benzene rings is 2. The van der Waals surface area contributed by atoms with E-state index in [0.29, 0.717) is 23.1 Å². The van der Waals surface area contributed by atoms with Gasteiger partial charge in [-0.05, 0) is 68.1 Å².